The molecule has 30 heavy (non-hydrogen) atoms. The van der Waals surface area contributed by atoms with Gasteiger partial charge in [0.15, 0.2) is 11.6 Å². The maximum atomic E-state index is 6.31. The van der Waals surface area contributed by atoms with Gasteiger partial charge in [0.2, 0.25) is 0 Å². The van der Waals surface area contributed by atoms with Crippen molar-refractivity contribution in [2.75, 3.05) is 30.6 Å². The highest BCUT2D eigenvalue weighted by atomic mass is 35.5. The van der Waals surface area contributed by atoms with E-state index >= 15 is 0 Å². The minimum Gasteiger partial charge on any atom is -0.495 e. The Morgan fingerprint density at radius 2 is 1.63 bits per heavy atom. The molecule has 0 unspecified atom stereocenters. The van der Waals surface area contributed by atoms with Gasteiger partial charge in [-0.05, 0) is 36.6 Å². The van der Waals surface area contributed by atoms with Crippen LogP contribution in [0.5, 0.6) is 11.5 Å². The molecule has 1 aromatic heterocycles. The van der Waals surface area contributed by atoms with E-state index in [1.54, 1.807) is 26.4 Å². The van der Waals surface area contributed by atoms with Crippen LogP contribution < -0.4 is 25.8 Å². The fourth-order valence-corrected chi connectivity index (χ4v) is 3.19. The quantitative estimate of drug-likeness (QED) is 0.411. The van der Waals surface area contributed by atoms with Gasteiger partial charge in [-0.3, -0.25) is 0 Å². The van der Waals surface area contributed by atoms with Gasteiger partial charge in [-0.2, -0.15) is 0 Å². The van der Waals surface area contributed by atoms with E-state index in [1.165, 1.54) is 24.7 Å². The second-order valence-corrected chi connectivity index (χ2v) is 7.13. The summed E-state index contributed by atoms with van der Waals surface area (Å²) in [5, 5.41) is 6.85. The number of aryl methyl sites for hydroxylation is 1. The molecule has 158 valence electrons. The Balaban J connectivity index is 1.81. The zero-order valence-electron chi connectivity index (χ0n) is 17.3. The first-order valence-electron chi connectivity index (χ1n) is 9.70. The number of ether oxygens (including phenoxy) is 2. The molecule has 3 aromatic rings. The predicted octanol–water partition coefficient (Wildman–Crippen LogP) is 5.56. The minimum absolute atomic E-state index is 0.376. The summed E-state index contributed by atoms with van der Waals surface area (Å²) in [6, 6.07) is 11.7. The molecule has 8 heteroatoms. The Morgan fingerprint density at radius 1 is 0.967 bits per heavy atom. The van der Waals surface area contributed by atoms with Crippen molar-refractivity contribution in [3.05, 3.63) is 53.3 Å². The first kappa shape index (κ1) is 21.5. The maximum absolute atomic E-state index is 6.31. The number of anilines is 5. The number of nitrogen functional groups attached to an aromatic ring is 1. The van der Waals surface area contributed by atoms with E-state index in [0.29, 0.717) is 39.5 Å². The van der Waals surface area contributed by atoms with Crippen molar-refractivity contribution in [1.29, 1.82) is 0 Å². The molecular weight excluding hydrogens is 402 g/mol. The lowest BCUT2D eigenvalue weighted by Crippen LogP contribution is -2.06. The van der Waals surface area contributed by atoms with Crippen LogP contribution in [0, 0.1) is 0 Å². The molecule has 4 N–H and O–H groups in total. The van der Waals surface area contributed by atoms with Crippen molar-refractivity contribution in [2.45, 2.75) is 26.2 Å². The molecule has 0 amide bonds. The largest absolute Gasteiger partial charge is 0.495 e. The molecule has 1 heterocycles. The normalized spacial score (nSPS) is 10.5. The monoisotopic (exact) mass is 427 g/mol. The van der Waals surface area contributed by atoms with Crippen molar-refractivity contribution in [3.63, 3.8) is 0 Å². The Bertz CT molecular complexity index is 996. The molecule has 3 rings (SSSR count). The molecule has 0 bridgehead atoms. The van der Waals surface area contributed by atoms with Crippen LogP contribution in [0.1, 0.15) is 25.3 Å². The smallest absolute Gasteiger partial charge is 0.159 e. The van der Waals surface area contributed by atoms with Gasteiger partial charge in [0.05, 0.1) is 24.9 Å². The standard InChI is InChI=1S/C22H26ClN5O2/c1-4-5-6-14-7-9-15(10-8-14)27-21-20(24)22(26-13-25-21)28-17-11-16(23)18(29-2)12-19(17)30-3/h7-13H,4-6,24H2,1-3H3,(H2,25,26,27,28). The summed E-state index contributed by atoms with van der Waals surface area (Å²) in [6.07, 6.45) is 4.87. The Morgan fingerprint density at radius 3 is 2.27 bits per heavy atom. The van der Waals surface area contributed by atoms with E-state index in [9.17, 15) is 0 Å². The SMILES string of the molecule is CCCCc1ccc(Nc2ncnc(Nc3cc(Cl)c(OC)cc3OC)c2N)cc1. The fourth-order valence-electron chi connectivity index (χ4n) is 2.95. The van der Waals surface area contributed by atoms with Gasteiger partial charge < -0.3 is 25.8 Å². The summed E-state index contributed by atoms with van der Waals surface area (Å²) in [4.78, 5) is 8.53. The zero-order chi connectivity index (χ0) is 21.5. The summed E-state index contributed by atoms with van der Waals surface area (Å²) in [5.74, 6) is 2.00. The lowest BCUT2D eigenvalue weighted by atomic mass is 10.1. The van der Waals surface area contributed by atoms with E-state index in [-0.39, 0.29) is 0 Å². The summed E-state index contributed by atoms with van der Waals surface area (Å²) in [7, 11) is 3.11. The Hall–Kier alpha value is -3.19. The number of methoxy groups -OCH3 is 2. The van der Waals surface area contributed by atoms with E-state index in [0.717, 1.165) is 12.1 Å². The fraction of sp³-hybridized carbons (Fsp3) is 0.273. The maximum Gasteiger partial charge on any atom is 0.159 e. The number of benzene rings is 2. The number of rotatable bonds is 9. The summed E-state index contributed by atoms with van der Waals surface area (Å²) >= 11 is 6.25. The van der Waals surface area contributed by atoms with Crippen LogP contribution in [0.4, 0.5) is 28.7 Å². The molecule has 0 aliphatic heterocycles. The van der Waals surface area contributed by atoms with Crippen molar-refractivity contribution >= 4 is 40.3 Å². The first-order chi connectivity index (χ1) is 14.5. The lowest BCUT2D eigenvalue weighted by molar-refractivity contribution is 0.396. The van der Waals surface area contributed by atoms with Crippen molar-refractivity contribution in [3.8, 4) is 11.5 Å². The van der Waals surface area contributed by atoms with Crippen LogP contribution in [-0.2, 0) is 6.42 Å². The predicted molar refractivity (Wildman–Crippen MR) is 123 cm³/mol. The summed E-state index contributed by atoms with van der Waals surface area (Å²) in [5.41, 5.74) is 9.51. The van der Waals surface area contributed by atoms with Gasteiger partial charge in [0.25, 0.3) is 0 Å². The number of nitrogens with one attached hydrogen (secondary N) is 2. The number of aromatic nitrogens is 2. The first-order valence-corrected chi connectivity index (χ1v) is 10.1. The van der Waals surface area contributed by atoms with E-state index in [2.05, 4.69) is 39.7 Å². The molecule has 0 saturated heterocycles. The average Bonchev–Trinajstić information content (AvgIpc) is 2.76. The number of unbranched alkanes of at least 4 members (excludes halogenated alkanes) is 1. The highest BCUT2D eigenvalue weighted by Gasteiger charge is 2.14. The van der Waals surface area contributed by atoms with Gasteiger partial charge >= 0.3 is 0 Å². The van der Waals surface area contributed by atoms with Crippen LogP contribution >= 0.6 is 11.6 Å². The number of hydrogen-bond donors (Lipinski definition) is 3. The van der Waals surface area contributed by atoms with Crippen LogP contribution in [0.15, 0.2) is 42.7 Å². The minimum atomic E-state index is 0.376. The molecule has 0 atom stereocenters. The van der Waals surface area contributed by atoms with Gasteiger partial charge in [-0.25, -0.2) is 9.97 Å². The molecule has 7 nitrogen and oxygen atoms in total. The molecule has 0 fully saturated rings. The third kappa shape index (κ3) is 5.04. The van der Waals surface area contributed by atoms with Crippen LogP contribution in [-0.4, -0.2) is 24.2 Å². The van der Waals surface area contributed by atoms with Crippen LogP contribution in [0.25, 0.3) is 0 Å². The molecule has 0 radical (unpaired) electrons. The summed E-state index contributed by atoms with van der Waals surface area (Å²) < 4.78 is 10.7. The second-order valence-electron chi connectivity index (χ2n) is 6.72. The third-order valence-corrected chi connectivity index (χ3v) is 4.94. The molecule has 0 spiro atoms. The van der Waals surface area contributed by atoms with E-state index < -0.39 is 0 Å². The van der Waals surface area contributed by atoms with Crippen molar-refractivity contribution in [2.24, 2.45) is 0 Å². The number of halogens is 1. The van der Waals surface area contributed by atoms with Gasteiger partial charge in [0, 0.05) is 11.8 Å². The van der Waals surface area contributed by atoms with E-state index in [4.69, 9.17) is 26.8 Å². The van der Waals surface area contributed by atoms with Crippen molar-refractivity contribution < 1.29 is 9.47 Å². The lowest BCUT2D eigenvalue weighted by Gasteiger charge is -2.16. The third-order valence-electron chi connectivity index (χ3n) is 4.65. The molecular formula is C22H26ClN5O2. The number of nitrogens with two attached hydrogens (primary N) is 1. The van der Waals surface area contributed by atoms with Crippen molar-refractivity contribution in [1.82, 2.24) is 9.97 Å². The highest BCUT2D eigenvalue weighted by molar-refractivity contribution is 6.32. The Kier molecular flexibility index (Phi) is 7.19. The van der Waals surface area contributed by atoms with Crippen LogP contribution in [0.3, 0.4) is 0 Å². The average molecular weight is 428 g/mol. The number of hydrogen-bond acceptors (Lipinski definition) is 7. The van der Waals surface area contributed by atoms with Crippen LogP contribution in [0.2, 0.25) is 5.02 Å². The topological polar surface area (TPSA) is 94.3 Å². The van der Waals surface area contributed by atoms with Gasteiger partial charge in [0.1, 0.15) is 23.5 Å². The highest BCUT2D eigenvalue weighted by Crippen LogP contribution is 2.38. The zero-order valence-corrected chi connectivity index (χ0v) is 18.1. The van der Waals surface area contributed by atoms with E-state index in [1.807, 2.05) is 12.1 Å². The molecule has 0 saturated carbocycles. The Labute approximate surface area is 181 Å². The molecule has 2 aromatic carbocycles. The molecule has 0 aliphatic carbocycles. The van der Waals surface area contributed by atoms with Gasteiger partial charge in [-0.15, -0.1) is 0 Å². The summed E-state index contributed by atoms with van der Waals surface area (Å²) in [6.45, 7) is 2.19. The van der Waals surface area contributed by atoms with Gasteiger partial charge in [-0.1, -0.05) is 37.1 Å². The molecule has 0 aliphatic rings. The second kappa shape index (κ2) is 10.0. The number of nitrogens with zero attached hydrogens (tertiary/aromatic N) is 2.